The fraction of sp³-hybridized carbons (Fsp3) is 0.414. The summed E-state index contributed by atoms with van der Waals surface area (Å²) in [7, 11) is 1.28. The van der Waals surface area contributed by atoms with E-state index < -0.39 is 30.0 Å². The first kappa shape index (κ1) is 33.4. The Morgan fingerprint density at radius 1 is 1.00 bits per heavy atom. The zero-order valence-electron chi connectivity index (χ0n) is 24.8. The quantitative estimate of drug-likeness (QED) is 0.140. The fourth-order valence-corrected chi connectivity index (χ4v) is 6.58. The van der Waals surface area contributed by atoms with Crippen LogP contribution in [-0.4, -0.2) is 57.5 Å². The van der Waals surface area contributed by atoms with E-state index in [4.69, 9.17) is 4.74 Å². The number of esters is 1. The van der Waals surface area contributed by atoms with Crippen LogP contribution >= 0.6 is 23.1 Å². The Kier molecular flexibility index (Phi) is 9.72. The van der Waals surface area contributed by atoms with Crippen molar-refractivity contribution in [2.45, 2.75) is 45.1 Å². The van der Waals surface area contributed by atoms with Gasteiger partial charge >= 0.3 is 18.3 Å². The van der Waals surface area contributed by atoms with Crippen molar-refractivity contribution in [3.05, 3.63) is 59.7 Å². The van der Waals surface area contributed by atoms with Gasteiger partial charge in [0.2, 0.25) is 21.9 Å². The number of nitrogens with zero attached hydrogens (tertiary/aromatic N) is 6. The number of benzene rings is 2. The van der Waals surface area contributed by atoms with Crippen LogP contribution in [0.1, 0.15) is 48.7 Å². The van der Waals surface area contributed by atoms with Gasteiger partial charge < -0.3 is 19.9 Å². The van der Waals surface area contributed by atoms with E-state index in [-0.39, 0.29) is 22.2 Å². The number of methoxy groups -OCH3 is 1. The van der Waals surface area contributed by atoms with Gasteiger partial charge in [-0.05, 0) is 48.1 Å². The molecule has 2 aromatic carbocycles. The first-order chi connectivity index (χ1) is 21.7. The number of carbonyl (C=O) groups excluding carboxylic acids is 1. The number of ether oxygens (including phenoxy) is 1. The Bertz CT molecular complexity index is 1670. The fourth-order valence-electron chi connectivity index (χ4n) is 5.25. The van der Waals surface area contributed by atoms with Gasteiger partial charge in [0.25, 0.3) is 0 Å². The molecule has 0 atom stereocenters. The third kappa shape index (κ3) is 7.52. The Morgan fingerprint density at radius 2 is 1.65 bits per heavy atom. The minimum absolute atomic E-state index is 0.0532. The molecule has 0 spiro atoms. The van der Waals surface area contributed by atoms with E-state index in [0.29, 0.717) is 83.6 Å². The summed E-state index contributed by atoms with van der Waals surface area (Å²) in [5.41, 5.74) is 2.63. The summed E-state index contributed by atoms with van der Waals surface area (Å²) in [4.78, 5) is 23.8. The number of piperidine rings is 1. The average Bonchev–Trinajstić information content (AvgIpc) is 3.71. The first-order valence-electron chi connectivity index (χ1n) is 14.2. The Morgan fingerprint density at radius 3 is 2.26 bits per heavy atom. The molecule has 0 radical (unpaired) electrons. The number of hydrogen-bond donors (Lipinski definition) is 1. The minimum Gasteiger partial charge on any atom is -0.465 e. The molecule has 9 nitrogen and oxygen atoms in total. The average molecular weight is 686 g/mol. The second-order valence-electron chi connectivity index (χ2n) is 11.0. The molecule has 1 N–H and O–H groups in total. The van der Waals surface area contributed by atoms with Crippen molar-refractivity contribution in [3.8, 4) is 11.1 Å². The maximum Gasteiger partial charge on any atom is 0.452 e. The highest BCUT2D eigenvalue weighted by atomic mass is 32.1. The molecular weight excluding hydrogens is 656 g/mol. The summed E-state index contributed by atoms with van der Waals surface area (Å²) in [6.07, 6.45) is -8.18. The van der Waals surface area contributed by atoms with Crippen LogP contribution in [0, 0.1) is 5.92 Å². The van der Waals surface area contributed by atoms with Gasteiger partial charge in [-0.15, -0.1) is 0 Å². The van der Waals surface area contributed by atoms with Crippen molar-refractivity contribution in [1.82, 2.24) is 18.7 Å². The Hall–Kier alpha value is -3.99. The monoisotopic (exact) mass is 685 g/mol. The molecule has 0 aliphatic carbocycles. The van der Waals surface area contributed by atoms with E-state index in [1.54, 1.807) is 35.2 Å². The third-order valence-electron chi connectivity index (χ3n) is 7.28. The summed E-state index contributed by atoms with van der Waals surface area (Å²) in [5, 5.41) is 3.17. The van der Waals surface area contributed by atoms with Gasteiger partial charge in [0.1, 0.15) is 0 Å². The van der Waals surface area contributed by atoms with Crippen LogP contribution < -0.4 is 15.1 Å². The molecule has 5 rings (SSSR count). The highest BCUT2D eigenvalue weighted by Gasteiger charge is 2.38. The van der Waals surface area contributed by atoms with Crippen LogP contribution in [-0.2, 0) is 17.1 Å². The maximum absolute atomic E-state index is 13.3. The van der Waals surface area contributed by atoms with Gasteiger partial charge in [0.15, 0.2) is 0 Å². The standard InChI is InChI=1S/C29H29F6N7O2S2/c1-16(2)15-42(18-10-12-41(13-11-18)27-38-25(40-46-27)29(33,34)35)22-9-8-17(19-6-4-5-7-20(19)23(43)44-3)14-21(22)36-26-37-24(39-45-26)28(30,31)32/h4-9,14,16,18H,10-13,15H2,1-3H3,(H,36,37,39). The van der Waals surface area contributed by atoms with Crippen molar-refractivity contribution in [2.75, 3.05) is 41.9 Å². The van der Waals surface area contributed by atoms with Crippen LogP contribution in [0.4, 0.5) is 48.0 Å². The van der Waals surface area contributed by atoms with E-state index >= 15 is 0 Å². The second-order valence-corrected chi connectivity index (χ2v) is 12.5. The van der Waals surface area contributed by atoms with Crippen molar-refractivity contribution >= 4 is 50.7 Å². The van der Waals surface area contributed by atoms with Gasteiger partial charge in [-0.2, -0.15) is 45.1 Å². The summed E-state index contributed by atoms with van der Waals surface area (Å²) in [5.74, 6) is -2.78. The van der Waals surface area contributed by atoms with Crippen LogP contribution in [0.5, 0.6) is 0 Å². The molecule has 1 fully saturated rings. The summed E-state index contributed by atoms with van der Waals surface area (Å²) >= 11 is 1.28. The SMILES string of the molecule is COC(=O)c1ccccc1-c1ccc(N(CC(C)C)C2CCN(c3nc(C(F)(F)F)ns3)CC2)c(Nc2nc(C(F)(F)F)ns2)c1. The van der Waals surface area contributed by atoms with E-state index in [1.807, 2.05) is 26.0 Å². The maximum atomic E-state index is 13.3. The molecule has 3 heterocycles. The van der Waals surface area contributed by atoms with Crippen LogP contribution in [0.3, 0.4) is 0 Å². The van der Waals surface area contributed by atoms with Crippen molar-refractivity contribution in [3.63, 3.8) is 0 Å². The van der Waals surface area contributed by atoms with E-state index in [2.05, 4.69) is 28.9 Å². The third-order valence-corrected chi connectivity index (χ3v) is 8.68. The number of rotatable bonds is 9. The summed E-state index contributed by atoms with van der Waals surface area (Å²) < 4.78 is 91.1. The van der Waals surface area contributed by atoms with E-state index in [1.165, 1.54) is 7.11 Å². The molecule has 1 aliphatic rings. The smallest absolute Gasteiger partial charge is 0.452 e. The number of aromatic nitrogens is 4. The number of nitrogens with one attached hydrogen (secondary N) is 1. The zero-order chi connectivity index (χ0) is 33.2. The van der Waals surface area contributed by atoms with Crippen LogP contribution in [0.25, 0.3) is 11.1 Å². The Balaban J connectivity index is 1.50. The van der Waals surface area contributed by atoms with Crippen LogP contribution in [0.2, 0.25) is 0 Å². The lowest BCUT2D eigenvalue weighted by molar-refractivity contribution is -0.144. The van der Waals surface area contributed by atoms with Crippen molar-refractivity contribution in [1.29, 1.82) is 0 Å². The van der Waals surface area contributed by atoms with Gasteiger partial charge in [-0.25, -0.2) is 4.79 Å². The minimum atomic E-state index is -4.72. The molecule has 0 amide bonds. The molecule has 0 saturated carbocycles. The molecule has 0 unspecified atom stereocenters. The number of anilines is 4. The van der Waals surface area contributed by atoms with E-state index in [9.17, 15) is 31.1 Å². The second kappa shape index (κ2) is 13.4. The number of hydrogen-bond acceptors (Lipinski definition) is 11. The van der Waals surface area contributed by atoms with Crippen LogP contribution in [0.15, 0.2) is 42.5 Å². The van der Waals surface area contributed by atoms with Gasteiger partial charge in [0.05, 0.1) is 24.0 Å². The lowest BCUT2D eigenvalue weighted by atomic mass is 9.96. The molecular formula is C29H29F6N7O2S2. The lowest BCUT2D eigenvalue weighted by Crippen LogP contribution is -2.46. The number of alkyl halides is 6. The highest BCUT2D eigenvalue weighted by molar-refractivity contribution is 7.10. The Labute approximate surface area is 268 Å². The zero-order valence-corrected chi connectivity index (χ0v) is 26.4. The predicted octanol–water partition coefficient (Wildman–Crippen LogP) is 7.76. The van der Waals surface area contributed by atoms with Gasteiger partial charge in [0, 0.05) is 48.7 Å². The largest absolute Gasteiger partial charge is 0.465 e. The normalized spacial score (nSPS) is 14.5. The molecule has 46 heavy (non-hydrogen) atoms. The molecule has 0 bridgehead atoms. The predicted molar refractivity (Wildman–Crippen MR) is 164 cm³/mol. The summed E-state index contributed by atoms with van der Waals surface area (Å²) in [6, 6.07) is 12.2. The van der Waals surface area contributed by atoms with Crippen molar-refractivity contribution < 1.29 is 35.9 Å². The van der Waals surface area contributed by atoms with Gasteiger partial charge in [-0.3, -0.25) is 0 Å². The lowest BCUT2D eigenvalue weighted by Gasteiger charge is -2.41. The molecule has 246 valence electrons. The molecule has 1 aliphatic heterocycles. The topological polar surface area (TPSA) is 96.4 Å². The first-order valence-corrected chi connectivity index (χ1v) is 15.7. The molecule has 4 aromatic rings. The molecule has 1 saturated heterocycles. The number of halogens is 6. The van der Waals surface area contributed by atoms with Crippen molar-refractivity contribution in [2.24, 2.45) is 5.92 Å². The number of carbonyl (C=O) groups is 1. The van der Waals surface area contributed by atoms with E-state index in [0.717, 1.165) is 0 Å². The summed E-state index contributed by atoms with van der Waals surface area (Å²) in [6.45, 7) is 5.53. The molecule has 2 aromatic heterocycles. The highest BCUT2D eigenvalue weighted by Crippen LogP contribution is 2.39. The van der Waals surface area contributed by atoms with Gasteiger partial charge in [-0.1, -0.05) is 38.1 Å². The molecule has 17 heteroatoms.